The van der Waals surface area contributed by atoms with E-state index in [1.165, 1.54) is 19.1 Å². The first kappa shape index (κ1) is 31.6. The Kier molecular flexibility index (Phi) is 8.60. The van der Waals surface area contributed by atoms with Gasteiger partial charge in [0.1, 0.15) is 17.5 Å². The second-order valence-corrected chi connectivity index (χ2v) is 11.4. The van der Waals surface area contributed by atoms with Crippen molar-refractivity contribution in [1.82, 2.24) is 5.16 Å². The largest absolute Gasteiger partial charge is 0.465 e. The monoisotopic (exact) mass is 640 g/mol. The zero-order valence-corrected chi connectivity index (χ0v) is 25.6. The summed E-state index contributed by atoms with van der Waals surface area (Å²) in [6.07, 6.45) is -4.84. The van der Waals surface area contributed by atoms with Gasteiger partial charge in [0, 0.05) is 11.1 Å². The van der Waals surface area contributed by atoms with E-state index in [9.17, 15) is 22.8 Å². The predicted molar refractivity (Wildman–Crippen MR) is 170 cm³/mol. The molecule has 4 aromatic carbocycles. The van der Waals surface area contributed by atoms with Crippen LogP contribution in [0.4, 0.5) is 23.7 Å². The molecular formula is C37H31F3N2O5. The number of amides is 1. The molecule has 1 N–H and O–H groups in total. The van der Waals surface area contributed by atoms with Crippen LogP contribution in [-0.4, -0.2) is 23.8 Å². The van der Waals surface area contributed by atoms with E-state index in [4.69, 9.17) is 14.0 Å². The highest BCUT2D eigenvalue weighted by Gasteiger charge is 2.52. The van der Waals surface area contributed by atoms with Gasteiger partial charge in [-0.15, -0.1) is 0 Å². The van der Waals surface area contributed by atoms with Crippen LogP contribution in [-0.2, 0) is 25.9 Å². The Morgan fingerprint density at radius 3 is 2.13 bits per heavy atom. The maximum Gasteiger partial charge on any atom is 0.416 e. The van der Waals surface area contributed by atoms with Crippen LogP contribution in [0.25, 0.3) is 33.7 Å². The van der Waals surface area contributed by atoms with E-state index in [-0.39, 0.29) is 23.0 Å². The molecule has 1 saturated carbocycles. The summed E-state index contributed by atoms with van der Waals surface area (Å²) in [5.74, 6) is 0.0944. The lowest BCUT2D eigenvalue weighted by Gasteiger charge is -2.16. The average Bonchev–Trinajstić information content (AvgIpc) is 3.80. The molecule has 0 radical (unpaired) electrons. The van der Waals surface area contributed by atoms with Crippen LogP contribution in [0.2, 0.25) is 0 Å². The van der Waals surface area contributed by atoms with Crippen molar-refractivity contribution >= 4 is 17.7 Å². The Hall–Kier alpha value is -5.38. The minimum atomic E-state index is -4.53. The predicted octanol–water partition coefficient (Wildman–Crippen LogP) is 9.60. The Labute approximate surface area is 269 Å². The molecule has 6 rings (SSSR count). The normalized spacial score (nSPS) is 14.2. The van der Waals surface area contributed by atoms with Crippen molar-refractivity contribution < 1.29 is 36.8 Å². The summed E-state index contributed by atoms with van der Waals surface area (Å²) in [7, 11) is 0. The molecule has 1 aromatic heterocycles. The highest BCUT2D eigenvalue weighted by molar-refractivity contribution is 5.96. The maximum atomic E-state index is 13.2. The van der Waals surface area contributed by atoms with Gasteiger partial charge in [-0.2, -0.15) is 13.2 Å². The van der Waals surface area contributed by atoms with Gasteiger partial charge >= 0.3 is 18.2 Å². The van der Waals surface area contributed by atoms with Crippen LogP contribution in [0, 0.1) is 0 Å². The summed E-state index contributed by atoms with van der Waals surface area (Å²) in [5.41, 5.74) is 3.55. The van der Waals surface area contributed by atoms with Crippen LogP contribution >= 0.6 is 0 Å². The third kappa shape index (κ3) is 6.63. The number of benzene rings is 4. The van der Waals surface area contributed by atoms with Crippen LogP contribution < -0.4 is 5.32 Å². The molecule has 1 fully saturated rings. The maximum absolute atomic E-state index is 13.2. The lowest BCUT2D eigenvalue weighted by Crippen LogP contribution is -2.23. The second kappa shape index (κ2) is 12.8. The van der Waals surface area contributed by atoms with Crippen LogP contribution in [0.5, 0.6) is 0 Å². The van der Waals surface area contributed by atoms with Crippen molar-refractivity contribution in [3.63, 3.8) is 0 Å². The van der Waals surface area contributed by atoms with Crippen molar-refractivity contribution in [2.45, 2.75) is 44.4 Å². The van der Waals surface area contributed by atoms with Crippen molar-refractivity contribution in [2.24, 2.45) is 0 Å². The number of esters is 1. The number of carbonyl (C=O) groups excluding carboxylic acids is 2. The van der Waals surface area contributed by atoms with Crippen molar-refractivity contribution in [2.75, 3.05) is 11.9 Å². The van der Waals surface area contributed by atoms with Gasteiger partial charge in [0.05, 0.1) is 17.6 Å². The number of halogens is 3. The van der Waals surface area contributed by atoms with E-state index >= 15 is 0 Å². The molecule has 0 saturated heterocycles. The molecule has 240 valence electrons. The number of aromatic nitrogens is 1. The van der Waals surface area contributed by atoms with E-state index in [1.807, 2.05) is 78.9 Å². The van der Waals surface area contributed by atoms with Crippen LogP contribution in [0.1, 0.15) is 49.5 Å². The van der Waals surface area contributed by atoms with Crippen molar-refractivity contribution in [1.29, 1.82) is 0 Å². The summed E-state index contributed by atoms with van der Waals surface area (Å²) in [6.45, 7) is 3.65. The summed E-state index contributed by atoms with van der Waals surface area (Å²) < 4.78 is 56.2. The second-order valence-electron chi connectivity index (χ2n) is 11.4. The molecule has 1 heterocycles. The van der Waals surface area contributed by atoms with E-state index in [0.717, 1.165) is 41.7 Å². The first-order valence-corrected chi connectivity index (χ1v) is 15.2. The summed E-state index contributed by atoms with van der Waals surface area (Å²) in [6, 6.07) is 29.1. The topological polar surface area (TPSA) is 90.7 Å². The van der Waals surface area contributed by atoms with Crippen molar-refractivity contribution in [3.8, 4) is 33.7 Å². The van der Waals surface area contributed by atoms with Gasteiger partial charge in [0.15, 0.2) is 5.76 Å². The van der Waals surface area contributed by atoms with Crippen LogP contribution in [0.15, 0.2) is 108 Å². The fraction of sp³-hybridized carbons (Fsp3) is 0.216. The number of carbonyl (C=O) groups is 2. The highest BCUT2D eigenvalue weighted by Crippen LogP contribution is 2.49. The zero-order valence-electron chi connectivity index (χ0n) is 25.6. The lowest BCUT2D eigenvalue weighted by atomic mass is 9.93. The Morgan fingerprint density at radius 1 is 0.872 bits per heavy atom. The number of anilines is 1. The van der Waals surface area contributed by atoms with Gasteiger partial charge in [-0.1, -0.05) is 96.2 Å². The molecule has 0 aliphatic heterocycles. The standard InChI is InChI=1S/C37H31F3N2O5/c1-3-45-34(43)36(20-21-36)29-18-16-25(17-19-29)24-12-14-27(15-13-24)33-32(31(42-47-33)26-8-5-4-6-9-26)41-35(44)46-23(2)28-10-7-11-30(22-28)37(38,39)40/h4-19,22-23H,3,20-21H2,1-2H3,(H,41,44)/t23-/m1/s1. The fourth-order valence-electron chi connectivity index (χ4n) is 5.52. The van der Waals surface area contributed by atoms with Crippen LogP contribution in [0.3, 0.4) is 0 Å². The molecule has 1 aliphatic carbocycles. The number of hydrogen-bond acceptors (Lipinski definition) is 6. The third-order valence-electron chi connectivity index (χ3n) is 8.27. The van der Waals surface area contributed by atoms with E-state index in [0.29, 0.717) is 23.4 Å². The molecule has 0 bridgehead atoms. The minimum Gasteiger partial charge on any atom is -0.465 e. The Balaban J connectivity index is 1.24. The number of alkyl halides is 3. The summed E-state index contributed by atoms with van der Waals surface area (Å²) in [5, 5.41) is 6.95. The van der Waals surface area contributed by atoms with E-state index in [1.54, 1.807) is 6.92 Å². The summed E-state index contributed by atoms with van der Waals surface area (Å²) >= 11 is 0. The molecule has 1 aliphatic rings. The van der Waals surface area contributed by atoms with Gasteiger partial charge in [-0.25, -0.2) is 4.79 Å². The van der Waals surface area contributed by atoms with Gasteiger partial charge < -0.3 is 14.0 Å². The molecule has 10 heteroatoms. The van der Waals surface area contributed by atoms with Gasteiger partial charge in [0.25, 0.3) is 0 Å². The Morgan fingerprint density at radius 2 is 1.51 bits per heavy atom. The van der Waals surface area contributed by atoms with Crippen molar-refractivity contribution in [3.05, 3.63) is 120 Å². The SMILES string of the molecule is CCOC(=O)C1(c2ccc(-c3ccc(-c4onc(-c5ccccc5)c4NC(=O)O[C@H](C)c4cccc(C(F)(F)F)c4)cc3)cc2)CC1. The molecule has 47 heavy (non-hydrogen) atoms. The van der Waals surface area contributed by atoms with Gasteiger partial charge in [-0.05, 0) is 61.1 Å². The quantitative estimate of drug-likeness (QED) is 0.161. The number of rotatable bonds is 9. The Bertz CT molecular complexity index is 1880. The third-order valence-corrected chi connectivity index (χ3v) is 8.27. The average molecular weight is 641 g/mol. The molecule has 7 nitrogen and oxygen atoms in total. The molecule has 0 unspecified atom stereocenters. The fourth-order valence-corrected chi connectivity index (χ4v) is 5.52. The minimum absolute atomic E-state index is 0.183. The number of hydrogen-bond donors (Lipinski definition) is 1. The molecule has 0 spiro atoms. The lowest BCUT2D eigenvalue weighted by molar-refractivity contribution is -0.146. The first-order chi connectivity index (χ1) is 22.6. The van der Waals surface area contributed by atoms with E-state index in [2.05, 4.69) is 10.5 Å². The first-order valence-electron chi connectivity index (χ1n) is 15.2. The summed E-state index contributed by atoms with van der Waals surface area (Å²) in [4.78, 5) is 25.6. The highest BCUT2D eigenvalue weighted by atomic mass is 19.4. The zero-order chi connectivity index (χ0) is 33.2. The number of ether oxygens (including phenoxy) is 2. The molecular weight excluding hydrogens is 609 g/mol. The number of nitrogens with one attached hydrogen (secondary N) is 1. The van der Waals surface area contributed by atoms with E-state index < -0.39 is 29.4 Å². The molecule has 5 aromatic rings. The molecule has 1 atom stereocenters. The smallest absolute Gasteiger partial charge is 0.416 e. The molecule has 1 amide bonds. The number of nitrogens with zero attached hydrogens (tertiary/aromatic N) is 1. The van der Waals surface area contributed by atoms with Gasteiger partial charge in [0.2, 0.25) is 0 Å². The van der Waals surface area contributed by atoms with Gasteiger partial charge in [-0.3, -0.25) is 10.1 Å².